The molecule has 0 saturated carbocycles. The molecule has 5 nitrogen and oxygen atoms in total. The van der Waals surface area contributed by atoms with Crippen LogP contribution >= 0.6 is 22.6 Å². The van der Waals surface area contributed by atoms with E-state index in [9.17, 15) is 9.18 Å². The third-order valence-electron chi connectivity index (χ3n) is 4.16. The third kappa shape index (κ3) is 6.07. The van der Waals surface area contributed by atoms with Gasteiger partial charge in [0, 0.05) is 21.9 Å². The second kappa shape index (κ2) is 10.5. The van der Waals surface area contributed by atoms with E-state index in [-0.39, 0.29) is 11.7 Å². The molecular weight excluding hydrogens is 462 g/mol. The van der Waals surface area contributed by atoms with Gasteiger partial charge in [0.1, 0.15) is 12.4 Å². The van der Waals surface area contributed by atoms with Gasteiger partial charge in [0.2, 0.25) is 0 Å². The van der Waals surface area contributed by atoms with E-state index in [0.717, 1.165) is 19.6 Å². The zero-order valence-electron chi connectivity index (χ0n) is 15.7. The Morgan fingerprint density at radius 2 is 1.89 bits per heavy atom. The molecule has 146 valence electrons. The summed E-state index contributed by atoms with van der Waals surface area (Å²) in [6, 6.07) is 9.28. The van der Waals surface area contributed by atoms with Crippen LogP contribution in [0, 0.1) is 9.39 Å². The van der Waals surface area contributed by atoms with Gasteiger partial charge in [0.05, 0.1) is 12.7 Å². The molecule has 0 fully saturated rings. The van der Waals surface area contributed by atoms with E-state index in [1.165, 1.54) is 18.2 Å². The molecule has 0 bridgehead atoms. The fraction of sp³-hybridized carbons (Fsp3) is 0.350. The molecule has 0 aliphatic heterocycles. The first kappa shape index (κ1) is 21.4. The number of rotatable bonds is 9. The topological polar surface area (TPSA) is 50.8 Å². The Morgan fingerprint density at radius 3 is 2.52 bits per heavy atom. The molecule has 2 aromatic carbocycles. The van der Waals surface area contributed by atoms with Crippen molar-refractivity contribution in [1.82, 2.24) is 4.90 Å². The van der Waals surface area contributed by atoms with E-state index in [1.807, 2.05) is 22.6 Å². The summed E-state index contributed by atoms with van der Waals surface area (Å²) >= 11 is 1.94. The molecule has 1 amide bonds. The van der Waals surface area contributed by atoms with E-state index < -0.39 is 0 Å². The van der Waals surface area contributed by atoms with Crippen LogP contribution in [0.1, 0.15) is 24.2 Å². The first-order chi connectivity index (χ1) is 13.0. The van der Waals surface area contributed by atoms with Crippen molar-refractivity contribution in [3.63, 3.8) is 0 Å². The summed E-state index contributed by atoms with van der Waals surface area (Å²) in [6.07, 6.45) is 0. The van der Waals surface area contributed by atoms with Gasteiger partial charge in [-0.25, -0.2) is 4.39 Å². The Hall–Kier alpha value is -1.87. The minimum atomic E-state index is -0.371. The predicted octanol–water partition coefficient (Wildman–Crippen LogP) is 4.41. The van der Waals surface area contributed by atoms with E-state index in [0.29, 0.717) is 32.9 Å². The van der Waals surface area contributed by atoms with Gasteiger partial charge < -0.3 is 19.7 Å². The van der Waals surface area contributed by atoms with Gasteiger partial charge in [0.15, 0.2) is 11.5 Å². The van der Waals surface area contributed by atoms with Gasteiger partial charge in [-0.15, -0.1) is 0 Å². The maximum atomic E-state index is 13.2. The minimum Gasteiger partial charge on any atom is -0.493 e. The summed E-state index contributed by atoms with van der Waals surface area (Å²) in [4.78, 5) is 14.7. The lowest BCUT2D eigenvalue weighted by molar-refractivity contribution is 0.102. The summed E-state index contributed by atoms with van der Waals surface area (Å²) in [7, 11) is 1.58. The highest BCUT2D eigenvalue weighted by molar-refractivity contribution is 14.1. The van der Waals surface area contributed by atoms with E-state index >= 15 is 0 Å². The summed E-state index contributed by atoms with van der Waals surface area (Å²) in [6.45, 7) is 7.47. The molecule has 27 heavy (non-hydrogen) atoms. The number of carbonyl (C=O) groups is 1. The molecule has 0 radical (unpaired) electrons. The monoisotopic (exact) mass is 486 g/mol. The summed E-state index contributed by atoms with van der Waals surface area (Å²) < 4.78 is 25.0. The Kier molecular flexibility index (Phi) is 8.30. The van der Waals surface area contributed by atoms with Gasteiger partial charge in [0.25, 0.3) is 5.91 Å². The highest BCUT2D eigenvalue weighted by atomic mass is 127. The minimum absolute atomic E-state index is 0.307. The largest absolute Gasteiger partial charge is 0.493 e. The zero-order valence-corrected chi connectivity index (χ0v) is 17.9. The highest BCUT2D eigenvalue weighted by Crippen LogP contribution is 2.30. The molecule has 2 rings (SSSR count). The summed E-state index contributed by atoms with van der Waals surface area (Å²) in [5.41, 5.74) is 0.996. The van der Waals surface area contributed by atoms with Crippen LogP contribution in [0.15, 0.2) is 36.4 Å². The molecule has 0 spiro atoms. The first-order valence-electron chi connectivity index (χ1n) is 8.78. The number of halogens is 2. The van der Waals surface area contributed by atoms with Gasteiger partial charge in [-0.3, -0.25) is 4.79 Å². The van der Waals surface area contributed by atoms with Crippen molar-refractivity contribution in [2.75, 3.05) is 38.7 Å². The molecule has 0 aliphatic rings. The van der Waals surface area contributed by atoms with E-state index in [4.69, 9.17) is 9.47 Å². The quantitative estimate of drug-likeness (QED) is 0.534. The van der Waals surface area contributed by atoms with Crippen LogP contribution in [-0.2, 0) is 0 Å². The van der Waals surface area contributed by atoms with Gasteiger partial charge in [-0.1, -0.05) is 13.8 Å². The van der Waals surface area contributed by atoms with Crippen molar-refractivity contribution >= 4 is 34.2 Å². The van der Waals surface area contributed by atoms with Crippen molar-refractivity contribution < 1.29 is 18.7 Å². The van der Waals surface area contributed by atoms with Crippen LogP contribution in [0.2, 0.25) is 0 Å². The van der Waals surface area contributed by atoms with Crippen molar-refractivity contribution in [2.45, 2.75) is 13.8 Å². The molecule has 0 saturated heterocycles. The van der Waals surface area contributed by atoms with Crippen LogP contribution in [0.3, 0.4) is 0 Å². The molecule has 1 N–H and O–H groups in total. The lowest BCUT2D eigenvalue weighted by atomic mass is 10.2. The normalized spacial score (nSPS) is 10.7. The Labute approximate surface area is 173 Å². The molecular formula is C20H24FIN2O3. The number of nitrogens with zero attached hydrogens (tertiary/aromatic N) is 1. The number of benzene rings is 2. The summed E-state index contributed by atoms with van der Waals surface area (Å²) in [5, 5.41) is 2.82. The smallest absolute Gasteiger partial charge is 0.256 e. The zero-order chi connectivity index (χ0) is 19.8. The van der Waals surface area contributed by atoms with Crippen LogP contribution in [-0.4, -0.2) is 44.2 Å². The molecule has 0 aromatic heterocycles. The Balaban J connectivity index is 2.10. The lowest BCUT2D eigenvalue weighted by Crippen LogP contribution is -2.28. The second-order valence-corrected chi connectivity index (χ2v) is 6.98. The van der Waals surface area contributed by atoms with Gasteiger partial charge >= 0.3 is 0 Å². The number of hydrogen-bond donors (Lipinski definition) is 1. The molecule has 2 aromatic rings. The maximum Gasteiger partial charge on any atom is 0.256 e. The number of amides is 1. The number of ether oxygens (including phenoxy) is 2. The number of methoxy groups -OCH3 is 1. The molecule has 0 atom stereocenters. The van der Waals surface area contributed by atoms with E-state index in [1.54, 1.807) is 25.3 Å². The Morgan fingerprint density at radius 1 is 1.15 bits per heavy atom. The van der Waals surface area contributed by atoms with Crippen molar-refractivity contribution in [1.29, 1.82) is 0 Å². The van der Waals surface area contributed by atoms with Gasteiger partial charge in [-0.05, 0) is 66.0 Å². The highest BCUT2D eigenvalue weighted by Gasteiger charge is 2.13. The number of nitrogens with one attached hydrogen (secondary N) is 1. The molecule has 7 heteroatoms. The average molecular weight is 486 g/mol. The first-order valence-corrected chi connectivity index (χ1v) is 9.85. The number of anilines is 1. The number of likely N-dealkylation sites (N-methyl/N-ethyl adjacent to an activating group) is 1. The fourth-order valence-corrected chi connectivity index (χ4v) is 3.29. The maximum absolute atomic E-state index is 13.2. The van der Waals surface area contributed by atoms with Crippen LogP contribution in [0.4, 0.5) is 10.1 Å². The van der Waals surface area contributed by atoms with Crippen molar-refractivity contribution in [2.24, 2.45) is 0 Å². The van der Waals surface area contributed by atoms with Crippen molar-refractivity contribution in [3.05, 3.63) is 51.3 Å². The van der Waals surface area contributed by atoms with Crippen molar-refractivity contribution in [3.8, 4) is 11.5 Å². The summed E-state index contributed by atoms with van der Waals surface area (Å²) in [5.74, 6) is 0.489. The van der Waals surface area contributed by atoms with E-state index in [2.05, 4.69) is 24.1 Å². The molecule has 0 unspecified atom stereocenters. The predicted molar refractivity (Wildman–Crippen MR) is 113 cm³/mol. The van der Waals surface area contributed by atoms with Crippen LogP contribution in [0.5, 0.6) is 11.5 Å². The van der Waals surface area contributed by atoms with Gasteiger partial charge in [-0.2, -0.15) is 0 Å². The van der Waals surface area contributed by atoms with Crippen LogP contribution in [0.25, 0.3) is 0 Å². The number of carbonyl (C=O) groups excluding carboxylic acids is 1. The molecule has 0 heterocycles. The fourth-order valence-electron chi connectivity index (χ4n) is 2.56. The number of hydrogen-bond acceptors (Lipinski definition) is 4. The SMILES string of the molecule is CCN(CC)CCOc1cc(NC(=O)c2ccc(F)cc2I)ccc1OC. The standard InChI is InChI=1S/C20H24FIN2O3/c1-4-24(5-2)10-11-27-19-13-15(7-9-18(19)26-3)23-20(25)16-8-6-14(21)12-17(16)22/h6-9,12-13H,4-5,10-11H2,1-3H3,(H,23,25). The lowest BCUT2D eigenvalue weighted by Gasteiger charge is -2.19. The van der Waals surface area contributed by atoms with Crippen LogP contribution < -0.4 is 14.8 Å². The average Bonchev–Trinajstić information content (AvgIpc) is 2.65. The second-order valence-electron chi connectivity index (χ2n) is 5.82. The Bertz CT molecular complexity index is 782. The molecule has 0 aliphatic carbocycles. The third-order valence-corrected chi connectivity index (χ3v) is 5.05.